The van der Waals surface area contributed by atoms with Crippen molar-refractivity contribution in [1.29, 1.82) is 0 Å². The molecule has 3 N–H and O–H groups in total. The smallest absolute Gasteiger partial charge is 0.332 e. The quantitative estimate of drug-likeness (QED) is 0.286. The monoisotopic (exact) mass is 546 g/mol. The van der Waals surface area contributed by atoms with Crippen LogP contribution in [0, 0.1) is 5.82 Å². The summed E-state index contributed by atoms with van der Waals surface area (Å²) in [5.74, 6) is -0.551. The van der Waals surface area contributed by atoms with Gasteiger partial charge in [-0.05, 0) is 53.9 Å². The van der Waals surface area contributed by atoms with E-state index in [4.69, 9.17) is 11.6 Å². The zero-order valence-electron chi connectivity index (χ0n) is 21.6. The van der Waals surface area contributed by atoms with E-state index in [9.17, 15) is 9.90 Å². The molecule has 200 valence electrons. The molecule has 0 aliphatic carbocycles. The van der Waals surface area contributed by atoms with Gasteiger partial charge in [0.25, 0.3) is 0 Å². The zero-order chi connectivity index (χ0) is 27.3. The van der Waals surface area contributed by atoms with Gasteiger partial charge in [-0.25, -0.2) is 9.18 Å². The first-order valence-corrected chi connectivity index (χ1v) is 13.2. The highest BCUT2D eigenvalue weighted by Crippen LogP contribution is 2.42. The Labute approximate surface area is 229 Å². The number of anilines is 1. The molecule has 1 aliphatic heterocycles. The second-order valence-electron chi connectivity index (χ2n) is 9.91. The van der Waals surface area contributed by atoms with E-state index >= 15 is 4.39 Å². The van der Waals surface area contributed by atoms with E-state index in [0.717, 1.165) is 42.6 Å². The molecule has 0 saturated carbocycles. The minimum absolute atomic E-state index is 0.0614. The molecule has 0 radical (unpaired) electrons. The second-order valence-corrected chi connectivity index (χ2v) is 10.3. The highest BCUT2D eigenvalue weighted by atomic mass is 35.5. The van der Waals surface area contributed by atoms with Gasteiger partial charge in [0.2, 0.25) is 0 Å². The van der Waals surface area contributed by atoms with Gasteiger partial charge in [0.05, 0.1) is 22.4 Å². The Balaban J connectivity index is 1.45. The van der Waals surface area contributed by atoms with Crippen molar-refractivity contribution in [3.63, 3.8) is 0 Å². The summed E-state index contributed by atoms with van der Waals surface area (Å²) in [4.78, 5) is 14.7. The van der Waals surface area contributed by atoms with Gasteiger partial charge in [-0.2, -0.15) is 5.10 Å². The number of hydrogen-bond acceptors (Lipinski definition) is 5. The molecule has 3 heterocycles. The molecule has 8 nitrogen and oxygen atoms in total. The van der Waals surface area contributed by atoms with Crippen LogP contribution in [0.5, 0.6) is 5.75 Å². The minimum Gasteiger partial charge on any atom is -0.507 e. The number of H-pyrrole nitrogens is 1. The highest BCUT2D eigenvalue weighted by Gasteiger charge is 2.23. The maximum Gasteiger partial charge on any atom is 0.332 e. The van der Waals surface area contributed by atoms with Crippen molar-refractivity contribution in [2.45, 2.75) is 19.4 Å². The summed E-state index contributed by atoms with van der Waals surface area (Å²) in [7, 11) is 1.66. The molecule has 6 rings (SSSR count). The van der Waals surface area contributed by atoms with Crippen LogP contribution >= 0.6 is 11.6 Å². The molecule has 0 bridgehead atoms. The molecule has 5 aromatic rings. The largest absolute Gasteiger partial charge is 0.507 e. The maximum absolute atomic E-state index is 15.1. The lowest BCUT2D eigenvalue weighted by Crippen LogP contribution is -2.50. The van der Waals surface area contributed by atoms with Crippen molar-refractivity contribution in [3.8, 4) is 33.7 Å². The topological polar surface area (TPSA) is 91.1 Å². The number of phenolic OH excluding ortho intramolecular Hbond substituents is 1. The first-order chi connectivity index (χ1) is 18.8. The number of fused-ring (bicyclic) bond motifs is 1. The number of aromatic hydroxyl groups is 1. The molecular weight excluding hydrogens is 519 g/mol. The van der Waals surface area contributed by atoms with Crippen LogP contribution in [0.25, 0.3) is 38.8 Å². The maximum atomic E-state index is 15.1. The summed E-state index contributed by atoms with van der Waals surface area (Å²) in [6.07, 6.45) is 6.09. The van der Waals surface area contributed by atoms with E-state index in [0.29, 0.717) is 39.0 Å². The standard InChI is InChI=1S/C29H28ClFN6O2/c1-3-20-16-36(7-6-32-20)27-12-18(11-25-23(27)15-33-34-25)22-14-19(31)13-21(28(22)38)17-4-5-26(24(30)10-17)37-9-8-35(2)29(37)39/h4-5,8-15,20,32,38H,3,6-7,16H2,1-2H3,(H,33,34)/t20-/m1/s1. The zero-order valence-corrected chi connectivity index (χ0v) is 22.3. The number of piperazine rings is 1. The number of phenols is 1. The summed E-state index contributed by atoms with van der Waals surface area (Å²) in [6.45, 7) is 4.70. The van der Waals surface area contributed by atoms with E-state index in [-0.39, 0.29) is 11.4 Å². The Kier molecular flexibility index (Phi) is 6.40. The van der Waals surface area contributed by atoms with Crippen LogP contribution in [-0.2, 0) is 7.05 Å². The van der Waals surface area contributed by atoms with E-state index in [1.165, 1.54) is 21.3 Å². The molecule has 2 aromatic heterocycles. The van der Waals surface area contributed by atoms with Gasteiger partial charge < -0.3 is 19.9 Å². The van der Waals surface area contributed by atoms with Crippen molar-refractivity contribution >= 4 is 28.2 Å². The lowest BCUT2D eigenvalue weighted by molar-refractivity contribution is 0.447. The second kappa shape index (κ2) is 9.91. The number of hydrogen-bond donors (Lipinski definition) is 3. The van der Waals surface area contributed by atoms with Crippen LogP contribution in [0.3, 0.4) is 0 Å². The van der Waals surface area contributed by atoms with E-state index in [2.05, 4.69) is 27.3 Å². The van der Waals surface area contributed by atoms with E-state index < -0.39 is 5.82 Å². The fraction of sp³-hybridized carbons (Fsp3) is 0.241. The van der Waals surface area contributed by atoms with Crippen LogP contribution in [0.2, 0.25) is 5.02 Å². The van der Waals surface area contributed by atoms with Crippen LogP contribution < -0.4 is 15.9 Å². The van der Waals surface area contributed by atoms with Gasteiger partial charge in [0, 0.05) is 67.3 Å². The molecule has 0 unspecified atom stereocenters. The summed E-state index contributed by atoms with van der Waals surface area (Å²) >= 11 is 6.56. The molecule has 0 spiro atoms. The predicted octanol–water partition coefficient (Wildman–Crippen LogP) is 5.07. The Morgan fingerprint density at radius 1 is 1.10 bits per heavy atom. The number of aromatic nitrogens is 4. The molecule has 3 aromatic carbocycles. The molecule has 1 aliphatic rings. The van der Waals surface area contributed by atoms with Gasteiger partial charge in [0.15, 0.2) is 0 Å². The fourth-order valence-electron chi connectivity index (χ4n) is 5.32. The number of aryl methyl sites for hydroxylation is 1. The third-order valence-corrected chi connectivity index (χ3v) is 7.78. The van der Waals surface area contributed by atoms with Gasteiger partial charge >= 0.3 is 5.69 Å². The van der Waals surface area contributed by atoms with Gasteiger partial charge in [-0.15, -0.1) is 0 Å². The number of nitrogens with zero attached hydrogens (tertiary/aromatic N) is 4. The Morgan fingerprint density at radius 3 is 2.62 bits per heavy atom. The third kappa shape index (κ3) is 4.47. The normalized spacial score (nSPS) is 15.8. The first kappa shape index (κ1) is 25.2. The van der Waals surface area contributed by atoms with E-state index in [1.54, 1.807) is 43.8 Å². The van der Waals surface area contributed by atoms with Gasteiger partial charge in [0.1, 0.15) is 11.6 Å². The SMILES string of the molecule is CC[C@@H]1CN(c2cc(-c3cc(F)cc(-c4ccc(-n5ccn(C)c5=O)c(Cl)c4)c3O)cc3[nH]ncc23)CCN1. The average Bonchev–Trinajstić information content (AvgIpc) is 3.55. The number of aromatic amines is 1. The van der Waals surface area contributed by atoms with Crippen LogP contribution in [-0.4, -0.2) is 50.1 Å². The van der Waals surface area contributed by atoms with E-state index in [1.807, 2.05) is 12.1 Å². The van der Waals surface area contributed by atoms with Crippen LogP contribution in [0.15, 0.2) is 65.8 Å². The molecule has 1 saturated heterocycles. The summed E-state index contributed by atoms with van der Waals surface area (Å²) in [6, 6.07) is 11.9. The lowest BCUT2D eigenvalue weighted by Gasteiger charge is -2.35. The van der Waals surface area contributed by atoms with Crippen molar-refractivity contribution in [2.75, 3.05) is 24.5 Å². The molecule has 10 heteroatoms. The number of nitrogens with one attached hydrogen (secondary N) is 2. The lowest BCUT2D eigenvalue weighted by atomic mass is 9.95. The predicted molar refractivity (Wildman–Crippen MR) is 152 cm³/mol. The Morgan fingerprint density at radius 2 is 1.90 bits per heavy atom. The highest BCUT2D eigenvalue weighted by molar-refractivity contribution is 6.32. The molecular formula is C29H28ClFN6O2. The third-order valence-electron chi connectivity index (χ3n) is 7.48. The summed E-state index contributed by atoms with van der Waals surface area (Å²) in [5.41, 5.74) is 3.93. The van der Waals surface area contributed by atoms with Gasteiger partial charge in [-0.3, -0.25) is 9.67 Å². The van der Waals surface area contributed by atoms with Crippen molar-refractivity contribution in [3.05, 3.63) is 82.4 Å². The Bertz CT molecular complexity index is 1760. The average molecular weight is 547 g/mol. The number of benzene rings is 3. The first-order valence-electron chi connectivity index (χ1n) is 12.9. The van der Waals surface area contributed by atoms with Crippen LogP contribution in [0.4, 0.5) is 10.1 Å². The fourth-order valence-corrected chi connectivity index (χ4v) is 5.60. The van der Waals surface area contributed by atoms with Crippen molar-refractivity contribution in [2.24, 2.45) is 7.05 Å². The van der Waals surface area contributed by atoms with Crippen molar-refractivity contribution in [1.82, 2.24) is 24.6 Å². The molecule has 39 heavy (non-hydrogen) atoms. The molecule has 0 amide bonds. The summed E-state index contributed by atoms with van der Waals surface area (Å²) in [5, 5.41) is 23.5. The molecule has 1 atom stereocenters. The minimum atomic E-state index is -0.489. The Hall–Kier alpha value is -4.08. The van der Waals surface area contributed by atoms with Crippen LogP contribution in [0.1, 0.15) is 13.3 Å². The van der Waals surface area contributed by atoms with Crippen molar-refractivity contribution < 1.29 is 9.50 Å². The molecule has 1 fully saturated rings. The summed E-state index contributed by atoms with van der Waals surface area (Å²) < 4.78 is 17.9. The van der Waals surface area contributed by atoms with Gasteiger partial charge in [-0.1, -0.05) is 24.6 Å². The number of halogens is 2. The number of imidazole rings is 1. The number of rotatable bonds is 5.